The Labute approximate surface area is 138 Å². The molecule has 2 saturated heterocycles. The zero-order valence-corrected chi connectivity index (χ0v) is 13.7. The number of carbonyl (C=O) groups excluding carboxylic acids is 1. The summed E-state index contributed by atoms with van der Waals surface area (Å²) in [5.41, 5.74) is -0.341. The molecule has 0 bridgehead atoms. The van der Waals surface area contributed by atoms with Gasteiger partial charge in [0.1, 0.15) is 0 Å². The van der Waals surface area contributed by atoms with Gasteiger partial charge in [-0.25, -0.2) is 0 Å². The van der Waals surface area contributed by atoms with Crippen molar-refractivity contribution in [1.29, 1.82) is 0 Å². The summed E-state index contributed by atoms with van der Waals surface area (Å²) in [6.45, 7) is 6.51. The van der Waals surface area contributed by atoms with Crippen molar-refractivity contribution >= 4 is 5.91 Å². The Hall–Kier alpha value is -1.45. The van der Waals surface area contributed by atoms with Crippen LogP contribution in [0.3, 0.4) is 0 Å². The molecule has 23 heavy (non-hydrogen) atoms. The van der Waals surface area contributed by atoms with Gasteiger partial charge >= 0.3 is 0 Å². The predicted molar refractivity (Wildman–Crippen MR) is 86.8 cm³/mol. The molecular weight excluding hydrogens is 292 g/mol. The molecule has 0 N–H and O–H groups in total. The predicted octanol–water partition coefficient (Wildman–Crippen LogP) is 1.52. The molecule has 0 saturated carbocycles. The van der Waals surface area contributed by atoms with Gasteiger partial charge in [-0.1, -0.05) is 0 Å². The smallest absolute Gasteiger partial charge is 0.222 e. The molecule has 1 unspecified atom stereocenters. The number of rotatable bonds is 7. The number of amides is 1. The number of ether oxygens (including phenoxy) is 1. The summed E-state index contributed by atoms with van der Waals surface area (Å²) < 4.78 is 5.43. The summed E-state index contributed by atoms with van der Waals surface area (Å²) in [6, 6.07) is 0. The normalized spacial score (nSPS) is 26.2. The second-order valence-electron chi connectivity index (χ2n) is 6.80. The van der Waals surface area contributed by atoms with Gasteiger partial charge in [0.2, 0.25) is 5.91 Å². The summed E-state index contributed by atoms with van der Waals surface area (Å²) in [5, 5.41) is 8.19. The van der Waals surface area contributed by atoms with Gasteiger partial charge in [0.15, 0.2) is 5.66 Å². The number of nitrogens with zero attached hydrogens (tertiary/aromatic N) is 4. The fourth-order valence-corrected chi connectivity index (χ4v) is 3.41. The molecular formula is C17H26N4O2. The van der Waals surface area contributed by atoms with Crippen LogP contribution in [0.2, 0.25) is 0 Å². The van der Waals surface area contributed by atoms with E-state index in [0.29, 0.717) is 25.2 Å². The Bertz CT molecular complexity index is 479. The summed E-state index contributed by atoms with van der Waals surface area (Å²) in [4.78, 5) is 16.8. The van der Waals surface area contributed by atoms with Crippen LogP contribution in [0.4, 0.5) is 0 Å². The van der Waals surface area contributed by atoms with E-state index in [0.717, 1.165) is 52.4 Å². The van der Waals surface area contributed by atoms with Gasteiger partial charge in [-0.2, -0.15) is 10.2 Å². The molecule has 3 aliphatic rings. The van der Waals surface area contributed by atoms with Gasteiger partial charge in [0.25, 0.3) is 0 Å². The van der Waals surface area contributed by atoms with Gasteiger partial charge in [-0.05, 0) is 12.3 Å². The monoisotopic (exact) mass is 318 g/mol. The van der Waals surface area contributed by atoms with Crippen LogP contribution in [0.5, 0.6) is 0 Å². The van der Waals surface area contributed by atoms with Crippen molar-refractivity contribution in [2.24, 2.45) is 16.1 Å². The highest BCUT2D eigenvalue weighted by Gasteiger charge is 2.39. The summed E-state index contributed by atoms with van der Waals surface area (Å²) >= 11 is 0. The molecule has 6 nitrogen and oxygen atoms in total. The van der Waals surface area contributed by atoms with Crippen LogP contribution in [0.25, 0.3) is 0 Å². The number of hydrogen-bond donors (Lipinski definition) is 0. The van der Waals surface area contributed by atoms with E-state index in [-0.39, 0.29) is 11.6 Å². The van der Waals surface area contributed by atoms with Crippen molar-refractivity contribution in [3.63, 3.8) is 0 Å². The van der Waals surface area contributed by atoms with Crippen LogP contribution >= 0.6 is 0 Å². The average molecular weight is 318 g/mol. The van der Waals surface area contributed by atoms with Crippen LogP contribution in [-0.2, 0) is 9.53 Å². The number of terminal acetylenes is 1. The highest BCUT2D eigenvalue weighted by molar-refractivity contribution is 5.76. The summed E-state index contributed by atoms with van der Waals surface area (Å²) in [5.74, 6) is 3.52. The second kappa shape index (κ2) is 7.41. The van der Waals surface area contributed by atoms with Crippen LogP contribution in [-0.4, -0.2) is 67.3 Å². The third kappa shape index (κ3) is 4.52. The first kappa shape index (κ1) is 16.4. The number of piperazine rings is 1. The molecule has 0 aromatic heterocycles. The Morgan fingerprint density at radius 3 is 2.65 bits per heavy atom. The van der Waals surface area contributed by atoms with E-state index in [1.807, 2.05) is 4.90 Å². The van der Waals surface area contributed by atoms with Crippen molar-refractivity contribution in [3.8, 4) is 12.3 Å². The average Bonchev–Trinajstić information content (AvgIpc) is 3.17. The molecule has 1 amide bonds. The van der Waals surface area contributed by atoms with Gasteiger partial charge in [0, 0.05) is 65.0 Å². The van der Waals surface area contributed by atoms with Gasteiger partial charge in [-0.15, -0.1) is 12.3 Å². The lowest BCUT2D eigenvalue weighted by Gasteiger charge is -2.36. The van der Waals surface area contributed by atoms with E-state index >= 15 is 0 Å². The van der Waals surface area contributed by atoms with Gasteiger partial charge < -0.3 is 9.64 Å². The third-order valence-corrected chi connectivity index (χ3v) is 5.06. The van der Waals surface area contributed by atoms with Crippen molar-refractivity contribution < 1.29 is 9.53 Å². The van der Waals surface area contributed by atoms with Crippen molar-refractivity contribution in [1.82, 2.24) is 9.80 Å². The van der Waals surface area contributed by atoms with Crippen molar-refractivity contribution in [3.05, 3.63) is 0 Å². The highest BCUT2D eigenvalue weighted by atomic mass is 16.5. The Morgan fingerprint density at radius 1 is 1.26 bits per heavy atom. The minimum Gasteiger partial charge on any atom is -0.381 e. The van der Waals surface area contributed by atoms with Crippen LogP contribution < -0.4 is 0 Å². The molecule has 0 aromatic carbocycles. The van der Waals surface area contributed by atoms with E-state index in [4.69, 9.17) is 11.2 Å². The maximum atomic E-state index is 12.4. The molecule has 3 aliphatic heterocycles. The lowest BCUT2D eigenvalue weighted by Crippen LogP contribution is -2.49. The standard InChI is InChI=1S/C17H26N4O2/c1-2-3-6-17(18-19-17)7-4-16(22)21-10-8-20(9-11-21)13-15-5-12-23-14-15/h1,15H,3-14H2. The van der Waals surface area contributed by atoms with Crippen LogP contribution in [0, 0.1) is 18.3 Å². The zero-order chi connectivity index (χ0) is 16.1. The molecule has 126 valence electrons. The van der Waals surface area contributed by atoms with E-state index in [2.05, 4.69) is 21.0 Å². The SMILES string of the molecule is C#CCCC1(CCC(=O)N2CCN(CC3CCOC3)CC2)N=N1. The third-order valence-electron chi connectivity index (χ3n) is 5.06. The Morgan fingerprint density at radius 2 is 2.04 bits per heavy atom. The van der Waals surface area contributed by atoms with E-state index in [1.54, 1.807) is 0 Å². The van der Waals surface area contributed by atoms with Gasteiger partial charge in [0.05, 0.1) is 6.61 Å². The quantitative estimate of drug-likeness (QED) is 0.669. The first-order valence-corrected chi connectivity index (χ1v) is 8.66. The molecule has 1 atom stereocenters. The molecule has 0 aromatic rings. The molecule has 6 heteroatoms. The van der Waals surface area contributed by atoms with Crippen molar-refractivity contribution in [2.75, 3.05) is 45.9 Å². The van der Waals surface area contributed by atoms with Crippen LogP contribution in [0.1, 0.15) is 32.1 Å². The minimum absolute atomic E-state index is 0.228. The largest absolute Gasteiger partial charge is 0.381 e. The van der Waals surface area contributed by atoms with Gasteiger partial charge in [-0.3, -0.25) is 9.69 Å². The molecule has 3 heterocycles. The van der Waals surface area contributed by atoms with E-state index in [1.165, 1.54) is 6.42 Å². The van der Waals surface area contributed by atoms with Crippen LogP contribution in [0.15, 0.2) is 10.2 Å². The Kier molecular flexibility index (Phi) is 5.29. The topological polar surface area (TPSA) is 57.5 Å². The number of carbonyl (C=O) groups is 1. The second-order valence-corrected chi connectivity index (χ2v) is 6.80. The maximum Gasteiger partial charge on any atom is 0.222 e. The highest BCUT2D eigenvalue weighted by Crippen LogP contribution is 2.37. The first-order valence-electron chi connectivity index (χ1n) is 8.66. The molecule has 0 radical (unpaired) electrons. The molecule has 0 aliphatic carbocycles. The first-order chi connectivity index (χ1) is 11.2. The lowest BCUT2D eigenvalue weighted by molar-refractivity contribution is -0.133. The van der Waals surface area contributed by atoms with E-state index < -0.39 is 0 Å². The molecule has 2 fully saturated rings. The molecule has 0 spiro atoms. The van der Waals surface area contributed by atoms with Crippen molar-refractivity contribution in [2.45, 2.75) is 37.8 Å². The zero-order valence-electron chi connectivity index (χ0n) is 13.7. The minimum atomic E-state index is -0.341. The molecule has 3 rings (SSSR count). The summed E-state index contributed by atoms with van der Waals surface area (Å²) in [7, 11) is 0. The Balaban J connectivity index is 1.34. The summed E-state index contributed by atoms with van der Waals surface area (Å²) in [6.07, 6.45) is 9.13. The fraction of sp³-hybridized carbons (Fsp3) is 0.824. The maximum absolute atomic E-state index is 12.4. The fourth-order valence-electron chi connectivity index (χ4n) is 3.41. The number of hydrogen-bond acceptors (Lipinski definition) is 5. The lowest BCUT2D eigenvalue weighted by atomic mass is 10.0. The van der Waals surface area contributed by atoms with E-state index in [9.17, 15) is 4.79 Å².